The Kier molecular flexibility index (Phi) is 1.78. The molecule has 2 nitrogen and oxygen atoms in total. The molecule has 48 valence electrons. The van der Waals surface area contributed by atoms with Gasteiger partial charge >= 0.3 is 0 Å². The summed E-state index contributed by atoms with van der Waals surface area (Å²) in [6, 6.07) is 0. The second kappa shape index (κ2) is 2.58. The Labute approximate surface area is 54.3 Å². The lowest BCUT2D eigenvalue weighted by Crippen LogP contribution is -2.09. The highest BCUT2D eigenvalue weighted by molar-refractivity contribution is 5.83. The molecule has 0 spiro atoms. The van der Waals surface area contributed by atoms with Crippen molar-refractivity contribution in [1.29, 1.82) is 0 Å². The number of rotatable bonds is 1. The van der Waals surface area contributed by atoms with Crippen LogP contribution >= 0.6 is 0 Å². The van der Waals surface area contributed by atoms with Gasteiger partial charge in [0.25, 0.3) is 0 Å². The minimum atomic E-state index is 0.0856. The van der Waals surface area contributed by atoms with Crippen molar-refractivity contribution in [2.24, 2.45) is 10.9 Å². The van der Waals surface area contributed by atoms with E-state index >= 15 is 0 Å². The fraction of sp³-hybridized carbons (Fsp3) is 0.429. The number of carbonyl (C=O) groups excluding carboxylic acids is 1. The number of nitrogens with zero attached hydrogens (tertiary/aromatic N) is 1. The number of ketones is 1. The van der Waals surface area contributed by atoms with Gasteiger partial charge in [-0.05, 0) is 13.3 Å². The largest absolute Gasteiger partial charge is 0.299 e. The number of hydrogen-bond acceptors (Lipinski definition) is 2. The molecule has 0 unspecified atom stereocenters. The third kappa shape index (κ3) is 1.49. The van der Waals surface area contributed by atoms with Gasteiger partial charge in [0.1, 0.15) is 5.78 Å². The van der Waals surface area contributed by atoms with Crippen LogP contribution in [0.25, 0.3) is 0 Å². The fourth-order valence-electron chi connectivity index (χ4n) is 0.769. The first-order valence-corrected chi connectivity index (χ1v) is 2.99. The smallest absolute Gasteiger partial charge is 0.137 e. The van der Waals surface area contributed by atoms with Crippen molar-refractivity contribution in [2.45, 2.75) is 13.3 Å². The van der Waals surface area contributed by atoms with Crippen LogP contribution in [0.5, 0.6) is 0 Å². The van der Waals surface area contributed by atoms with E-state index in [9.17, 15) is 4.79 Å². The normalized spacial score (nSPS) is 24.3. The Morgan fingerprint density at radius 3 is 2.89 bits per heavy atom. The molecule has 0 aromatic rings. The van der Waals surface area contributed by atoms with Crippen molar-refractivity contribution >= 4 is 12.0 Å². The van der Waals surface area contributed by atoms with E-state index < -0.39 is 0 Å². The van der Waals surface area contributed by atoms with Crippen LogP contribution in [-0.4, -0.2) is 12.0 Å². The maximum Gasteiger partial charge on any atom is 0.137 e. The minimum Gasteiger partial charge on any atom is -0.299 e. The van der Waals surface area contributed by atoms with Crippen LogP contribution in [0.4, 0.5) is 0 Å². The zero-order valence-corrected chi connectivity index (χ0v) is 5.37. The summed E-state index contributed by atoms with van der Waals surface area (Å²) in [6.45, 7) is 1.61. The van der Waals surface area contributed by atoms with E-state index in [1.54, 1.807) is 19.3 Å². The second-order valence-corrected chi connectivity index (χ2v) is 2.13. The molecule has 9 heavy (non-hydrogen) atoms. The molecule has 0 aromatic heterocycles. The first-order chi connectivity index (χ1) is 4.30. The first-order valence-electron chi connectivity index (χ1n) is 2.99. The quantitative estimate of drug-likeness (QED) is 0.514. The van der Waals surface area contributed by atoms with E-state index in [0.29, 0.717) is 0 Å². The zero-order chi connectivity index (χ0) is 6.69. The van der Waals surface area contributed by atoms with Crippen molar-refractivity contribution in [3.63, 3.8) is 0 Å². The molecular weight excluding hydrogens is 114 g/mol. The summed E-state index contributed by atoms with van der Waals surface area (Å²) in [5, 5.41) is 0. The Hall–Kier alpha value is -0.920. The number of allylic oxidation sites excluding steroid dienone is 1. The van der Waals surface area contributed by atoms with Crippen molar-refractivity contribution < 1.29 is 4.79 Å². The Morgan fingerprint density at radius 2 is 2.56 bits per heavy atom. The highest BCUT2D eigenvalue weighted by atomic mass is 16.1. The molecule has 0 saturated carbocycles. The van der Waals surface area contributed by atoms with Crippen LogP contribution < -0.4 is 0 Å². The van der Waals surface area contributed by atoms with E-state index in [1.165, 1.54) is 0 Å². The van der Waals surface area contributed by atoms with Gasteiger partial charge < -0.3 is 0 Å². The third-order valence-corrected chi connectivity index (χ3v) is 1.39. The molecule has 1 rings (SSSR count). The predicted molar refractivity (Wildman–Crippen MR) is 36.4 cm³/mol. The third-order valence-electron chi connectivity index (χ3n) is 1.39. The topological polar surface area (TPSA) is 29.4 Å². The van der Waals surface area contributed by atoms with Crippen molar-refractivity contribution in [1.82, 2.24) is 0 Å². The standard InChI is InChI=1S/C7H9NO/c1-6(9)7-2-4-8-5-3-7/h2,4-5,7H,3H2,1H3/t7-/m0/s1. The average molecular weight is 123 g/mol. The maximum atomic E-state index is 10.7. The summed E-state index contributed by atoms with van der Waals surface area (Å²) in [5.41, 5.74) is 0. The van der Waals surface area contributed by atoms with E-state index in [-0.39, 0.29) is 11.7 Å². The molecule has 0 radical (unpaired) electrons. The van der Waals surface area contributed by atoms with Crippen LogP contribution in [0, 0.1) is 5.92 Å². The molecule has 1 aliphatic heterocycles. The highest BCUT2D eigenvalue weighted by Crippen LogP contribution is 2.08. The molecule has 0 aromatic carbocycles. The van der Waals surface area contributed by atoms with E-state index in [4.69, 9.17) is 0 Å². The molecule has 1 aliphatic rings. The fourth-order valence-corrected chi connectivity index (χ4v) is 0.769. The number of Topliss-reactive ketones (excluding diaryl/α,β-unsaturated/α-hetero) is 1. The highest BCUT2D eigenvalue weighted by Gasteiger charge is 2.09. The molecule has 0 aliphatic carbocycles. The van der Waals surface area contributed by atoms with E-state index in [0.717, 1.165) is 6.42 Å². The molecule has 0 bridgehead atoms. The van der Waals surface area contributed by atoms with Gasteiger partial charge in [0.15, 0.2) is 0 Å². The van der Waals surface area contributed by atoms with Gasteiger partial charge in [-0.25, -0.2) is 0 Å². The molecule has 0 amide bonds. The number of carbonyl (C=O) groups is 1. The summed E-state index contributed by atoms with van der Waals surface area (Å²) < 4.78 is 0. The summed E-state index contributed by atoms with van der Waals surface area (Å²) in [4.78, 5) is 14.5. The molecule has 0 fully saturated rings. The van der Waals surface area contributed by atoms with Gasteiger partial charge in [0.05, 0.1) is 0 Å². The average Bonchev–Trinajstić information content (AvgIpc) is 1.90. The summed E-state index contributed by atoms with van der Waals surface area (Å²) >= 11 is 0. The minimum absolute atomic E-state index is 0.0856. The van der Waals surface area contributed by atoms with Crippen LogP contribution in [0.3, 0.4) is 0 Å². The monoisotopic (exact) mass is 123 g/mol. The molecule has 0 saturated heterocycles. The SMILES string of the molecule is CC(=O)[C@H]1C=CN=CC1. The first kappa shape index (κ1) is 6.20. The Morgan fingerprint density at radius 1 is 1.78 bits per heavy atom. The lowest BCUT2D eigenvalue weighted by atomic mass is 10.0. The Bertz CT molecular complexity index is 170. The molecule has 1 atom stereocenters. The van der Waals surface area contributed by atoms with Crippen molar-refractivity contribution in [2.75, 3.05) is 0 Å². The maximum absolute atomic E-state index is 10.7. The molecule has 1 heterocycles. The second-order valence-electron chi connectivity index (χ2n) is 2.13. The summed E-state index contributed by atoms with van der Waals surface area (Å²) in [7, 11) is 0. The van der Waals surface area contributed by atoms with Gasteiger partial charge in [-0.3, -0.25) is 9.79 Å². The van der Waals surface area contributed by atoms with Gasteiger partial charge in [-0.1, -0.05) is 6.08 Å². The van der Waals surface area contributed by atoms with Gasteiger partial charge in [-0.15, -0.1) is 0 Å². The lowest BCUT2D eigenvalue weighted by Gasteiger charge is -2.05. The predicted octanol–water partition coefficient (Wildman–Crippen LogP) is 1.18. The van der Waals surface area contributed by atoms with Crippen LogP contribution in [0.2, 0.25) is 0 Å². The molecule has 2 heteroatoms. The molecular formula is C7H9NO. The van der Waals surface area contributed by atoms with Crippen LogP contribution in [0.15, 0.2) is 17.3 Å². The van der Waals surface area contributed by atoms with Gasteiger partial charge in [0, 0.05) is 18.3 Å². The number of hydrogen-bond donors (Lipinski definition) is 0. The lowest BCUT2D eigenvalue weighted by molar-refractivity contribution is -0.119. The van der Waals surface area contributed by atoms with Crippen molar-refractivity contribution in [3.8, 4) is 0 Å². The van der Waals surface area contributed by atoms with Crippen LogP contribution in [-0.2, 0) is 4.79 Å². The van der Waals surface area contributed by atoms with Crippen LogP contribution in [0.1, 0.15) is 13.3 Å². The van der Waals surface area contributed by atoms with E-state index in [1.807, 2.05) is 6.08 Å². The summed E-state index contributed by atoms with van der Waals surface area (Å²) in [6.07, 6.45) is 6.05. The Balaban J connectivity index is 2.56. The number of aliphatic imine (C=N–C) groups is 1. The zero-order valence-electron chi connectivity index (χ0n) is 5.37. The van der Waals surface area contributed by atoms with Crippen molar-refractivity contribution in [3.05, 3.63) is 12.3 Å². The van der Waals surface area contributed by atoms with Gasteiger partial charge in [0.2, 0.25) is 0 Å². The summed E-state index contributed by atoms with van der Waals surface area (Å²) in [5.74, 6) is 0.305. The van der Waals surface area contributed by atoms with E-state index in [2.05, 4.69) is 4.99 Å². The molecule has 0 N–H and O–H groups in total. The van der Waals surface area contributed by atoms with Gasteiger partial charge in [-0.2, -0.15) is 0 Å².